The lowest BCUT2D eigenvalue weighted by atomic mass is 9.55. The van der Waals surface area contributed by atoms with E-state index in [-0.39, 0.29) is 13.1 Å². The SMILES string of the molecule is CCCN(Cc1ccc(Oc2ccccc2)s1)C(=O)C1C(C(=O)O)C(C(=O)N(CCC)Cc2ccc(Oc3ccccc3)s2)C1C(=O)O. The minimum Gasteiger partial charge on any atom is -0.481 e. The summed E-state index contributed by atoms with van der Waals surface area (Å²) >= 11 is 2.70. The molecule has 4 aromatic rings. The number of carboxylic acids is 2. The highest BCUT2D eigenvalue weighted by molar-refractivity contribution is 7.14. The summed E-state index contributed by atoms with van der Waals surface area (Å²) in [5, 5.41) is 21.8. The predicted molar refractivity (Wildman–Crippen MR) is 182 cm³/mol. The van der Waals surface area contributed by atoms with Gasteiger partial charge in [-0.15, -0.1) is 22.7 Å². The van der Waals surface area contributed by atoms with Gasteiger partial charge >= 0.3 is 11.9 Å². The van der Waals surface area contributed by atoms with Gasteiger partial charge in [-0.05, 0) is 61.4 Å². The number of thiophene rings is 2. The Kier molecular flexibility index (Phi) is 11.5. The number of amides is 2. The van der Waals surface area contributed by atoms with Gasteiger partial charge < -0.3 is 29.5 Å². The molecule has 2 N–H and O–H groups in total. The molecular formula is C36H38N2O8S2. The Morgan fingerprint density at radius 1 is 0.583 bits per heavy atom. The number of rotatable bonds is 16. The van der Waals surface area contributed by atoms with Crippen LogP contribution in [-0.2, 0) is 32.3 Å². The summed E-state index contributed by atoms with van der Waals surface area (Å²) in [6, 6.07) is 25.8. The fourth-order valence-electron chi connectivity index (χ4n) is 6.05. The zero-order valence-electron chi connectivity index (χ0n) is 26.7. The fraction of sp³-hybridized carbons (Fsp3) is 0.333. The number of benzene rings is 2. The van der Waals surface area contributed by atoms with Gasteiger partial charge in [-0.1, -0.05) is 50.2 Å². The maximum absolute atomic E-state index is 14.0. The Morgan fingerprint density at radius 3 is 1.29 bits per heavy atom. The van der Waals surface area contributed by atoms with Gasteiger partial charge in [-0.3, -0.25) is 19.2 Å². The fourth-order valence-corrected chi connectivity index (χ4v) is 7.83. The highest BCUT2D eigenvalue weighted by atomic mass is 32.1. The lowest BCUT2D eigenvalue weighted by Crippen LogP contribution is -2.64. The van der Waals surface area contributed by atoms with Crippen molar-refractivity contribution in [2.24, 2.45) is 23.7 Å². The summed E-state index contributed by atoms with van der Waals surface area (Å²) in [6.07, 6.45) is 1.16. The highest BCUT2D eigenvalue weighted by Crippen LogP contribution is 2.49. The summed E-state index contributed by atoms with van der Waals surface area (Å²) in [5.74, 6) is -8.23. The number of para-hydroxylation sites is 2. The van der Waals surface area contributed by atoms with E-state index in [1.807, 2.05) is 86.6 Å². The van der Waals surface area contributed by atoms with Gasteiger partial charge in [-0.2, -0.15) is 0 Å². The van der Waals surface area contributed by atoms with Crippen molar-refractivity contribution in [1.29, 1.82) is 0 Å². The number of aliphatic carboxylic acids is 2. The van der Waals surface area contributed by atoms with Crippen LogP contribution in [0.15, 0.2) is 84.9 Å². The van der Waals surface area contributed by atoms with E-state index >= 15 is 0 Å². The molecule has 0 saturated heterocycles. The first kappa shape index (κ1) is 34.6. The van der Waals surface area contributed by atoms with Crippen molar-refractivity contribution in [3.8, 4) is 21.6 Å². The predicted octanol–water partition coefficient (Wildman–Crippen LogP) is 7.22. The standard InChI is InChI=1S/C36H38N2O8S2/c1-3-19-37(21-25-15-17-27(47-25)45-23-11-7-5-8-12-23)33(39)29-31(35(41)42)30(32(29)36(43)44)34(40)38(20-4-2)22-26-16-18-28(48-26)46-24-13-9-6-10-14-24/h5-18,29-32H,3-4,19-22H2,1-2H3,(H,41,42)(H,43,44). The Balaban J connectivity index is 1.32. The Hall–Kier alpha value is -4.68. The van der Waals surface area contributed by atoms with E-state index in [1.165, 1.54) is 32.5 Å². The average molecular weight is 691 g/mol. The summed E-state index contributed by atoms with van der Waals surface area (Å²) in [6.45, 7) is 4.70. The Labute approximate surface area is 287 Å². The van der Waals surface area contributed by atoms with Crippen LogP contribution < -0.4 is 9.47 Å². The molecule has 1 aliphatic carbocycles. The molecule has 2 aromatic carbocycles. The molecule has 0 radical (unpaired) electrons. The summed E-state index contributed by atoms with van der Waals surface area (Å²) in [7, 11) is 0. The van der Waals surface area contributed by atoms with Gasteiger partial charge in [0.25, 0.3) is 0 Å². The quantitative estimate of drug-likeness (QED) is 0.126. The van der Waals surface area contributed by atoms with Crippen molar-refractivity contribution in [1.82, 2.24) is 9.80 Å². The van der Waals surface area contributed by atoms with Gasteiger partial charge in [0.15, 0.2) is 10.1 Å². The third-order valence-corrected chi connectivity index (χ3v) is 10.1. The first-order chi connectivity index (χ1) is 23.2. The topological polar surface area (TPSA) is 134 Å². The molecule has 0 bridgehead atoms. The molecule has 0 aliphatic heterocycles. The van der Waals surface area contributed by atoms with Crippen molar-refractivity contribution in [2.75, 3.05) is 13.1 Å². The van der Waals surface area contributed by atoms with Crippen molar-refractivity contribution in [3.05, 3.63) is 94.7 Å². The number of hydrogen-bond acceptors (Lipinski definition) is 8. The maximum Gasteiger partial charge on any atom is 0.308 e. The number of carbonyl (C=O) groups is 4. The van der Waals surface area contributed by atoms with E-state index in [4.69, 9.17) is 9.47 Å². The van der Waals surface area contributed by atoms with Crippen LogP contribution in [0.1, 0.15) is 36.4 Å². The largest absolute Gasteiger partial charge is 0.481 e. The second-order valence-corrected chi connectivity index (χ2v) is 13.8. The first-order valence-corrected chi connectivity index (χ1v) is 17.5. The van der Waals surface area contributed by atoms with E-state index in [0.717, 1.165) is 9.75 Å². The molecule has 12 heteroatoms. The highest BCUT2D eigenvalue weighted by Gasteiger charge is 2.64. The maximum atomic E-state index is 14.0. The summed E-state index contributed by atoms with van der Waals surface area (Å²) in [4.78, 5) is 57.9. The van der Waals surface area contributed by atoms with Crippen LogP contribution in [0.4, 0.5) is 0 Å². The van der Waals surface area contributed by atoms with E-state index < -0.39 is 47.4 Å². The first-order valence-electron chi connectivity index (χ1n) is 15.9. The molecule has 2 heterocycles. The molecule has 0 unspecified atom stereocenters. The normalized spacial score (nSPS) is 18.4. The molecule has 1 fully saturated rings. The second kappa shape index (κ2) is 15.9. The van der Waals surface area contributed by atoms with Crippen LogP contribution in [0.2, 0.25) is 0 Å². The van der Waals surface area contributed by atoms with Crippen LogP contribution in [0.5, 0.6) is 21.6 Å². The minimum atomic E-state index is -1.47. The van der Waals surface area contributed by atoms with Crippen LogP contribution in [0, 0.1) is 23.7 Å². The molecule has 2 amide bonds. The summed E-state index contributed by atoms with van der Waals surface area (Å²) in [5.41, 5.74) is 0. The van der Waals surface area contributed by atoms with Crippen LogP contribution in [0.3, 0.4) is 0 Å². The molecule has 2 aromatic heterocycles. The van der Waals surface area contributed by atoms with Crippen molar-refractivity contribution >= 4 is 46.4 Å². The van der Waals surface area contributed by atoms with Crippen molar-refractivity contribution in [2.45, 2.75) is 39.8 Å². The lowest BCUT2D eigenvalue weighted by Gasteiger charge is -2.48. The number of hydrogen-bond donors (Lipinski definition) is 2. The summed E-state index contributed by atoms with van der Waals surface area (Å²) < 4.78 is 11.8. The third-order valence-electron chi connectivity index (χ3n) is 8.19. The number of carboxylic acid groups (broad SMARTS) is 2. The average Bonchev–Trinajstić information content (AvgIpc) is 3.69. The Morgan fingerprint density at radius 2 is 0.958 bits per heavy atom. The zero-order chi connectivity index (χ0) is 34.2. The molecule has 0 atom stereocenters. The van der Waals surface area contributed by atoms with Gasteiger partial charge in [0, 0.05) is 22.8 Å². The molecule has 0 spiro atoms. The molecule has 1 saturated carbocycles. The van der Waals surface area contributed by atoms with Crippen LogP contribution in [-0.4, -0.2) is 56.9 Å². The third kappa shape index (κ3) is 8.06. The molecule has 48 heavy (non-hydrogen) atoms. The van der Waals surface area contributed by atoms with Crippen LogP contribution >= 0.6 is 22.7 Å². The van der Waals surface area contributed by atoms with Gasteiger partial charge in [0.1, 0.15) is 11.5 Å². The second-order valence-electron chi connectivity index (χ2n) is 11.6. The van der Waals surface area contributed by atoms with E-state index in [1.54, 1.807) is 12.1 Å². The minimum absolute atomic E-state index is 0.164. The number of ether oxygens (including phenoxy) is 2. The van der Waals surface area contributed by atoms with E-state index in [2.05, 4.69) is 0 Å². The van der Waals surface area contributed by atoms with Crippen molar-refractivity contribution in [3.63, 3.8) is 0 Å². The van der Waals surface area contributed by atoms with E-state index in [9.17, 15) is 29.4 Å². The van der Waals surface area contributed by atoms with Gasteiger partial charge in [-0.25, -0.2) is 0 Å². The molecule has 5 rings (SSSR count). The molecular weight excluding hydrogens is 653 g/mol. The van der Waals surface area contributed by atoms with Gasteiger partial charge in [0.05, 0.1) is 36.8 Å². The van der Waals surface area contributed by atoms with Gasteiger partial charge in [0.2, 0.25) is 11.8 Å². The lowest BCUT2D eigenvalue weighted by molar-refractivity contribution is -0.187. The number of carbonyl (C=O) groups excluding carboxylic acids is 2. The van der Waals surface area contributed by atoms with Crippen LogP contribution in [0.25, 0.3) is 0 Å². The monoisotopic (exact) mass is 690 g/mol. The Bertz CT molecular complexity index is 1570. The number of nitrogens with zero attached hydrogens (tertiary/aromatic N) is 2. The van der Waals surface area contributed by atoms with E-state index in [0.29, 0.717) is 47.6 Å². The molecule has 1 aliphatic rings. The molecule has 10 nitrogen and oxygen atoms in total. The zero-order valence-corrected chi connectivity index (χ0v) is 28.3. The molecule has 252 valence electrons. The smallest absolute Gasteiger partial charge is 0.308 e. The van der Waals surface area contributed by atoms with Crippen molar-refractivity contribution < 1.29 is 38.9 Å².